The van der Waals surface area contributed by atoms with Gasteiger partial charge in [-0.1, -0.05) is 0 Å². The Balaban J connectivity index is 3.34. The van der Waals surface area contributed by atoms with Crippen LogP contribution in [0.4, 0.5) is 0 Å². The van der Waals surface area contributed by atoms with E-state index in [0.29, 0.717) is 6.54 Å². The molecule has 0 saturated carbocycles. The van der Waals surface area contributed by atoms with Crippen LogP contribution in [0.1, 0.15) is 0 Å². The van der Waals surface area contributed by atoms with E-state index in [1.165, 1.54) is 0 Å². The van der Waals surface area contributed by atoms with E-state index in [1.54, 1.807) is 7.05 Å². The normalized spacial score (nSPS) is 9.78. The predicted octanol–water partition coefficient (Wildman–Crippen LogP) is -1.21. The van der Waals surface area contributed by atoms with E-state index in [2.05, 4.69) is 5.32 Å². The van der Waals surface area contributed by atoms with E-state index < -0.39 is 0 Å². The second-order valence-corrected chi connectivity index (χ2v) is 3.07. The van der Waals surface area contributed by atoms with Crippen LogP contribution in [0.15, 0.2) is 0 Å². The number of carbonyl (C=O) groups excluding carboxylic acids is 1. The third kappa shape index (κ3) is 4.83. The maximum absolute atomic E-state index is 10.6. The zero-order chi connectivity index (χ0) is 7.28. The van der Waals surface area contributed by atoms with Gasteiger partial charge in [0.25, 0.3) is 0 Å². The average Bonchev–Trinajstić information content (AvgIpc) is 1.87. The molecule has 1 N–H and O–H groups in total. The SMILES string of the molecule is CNC(=O)CN(C)[CH2][Pb]. The molecule has 0 unspecified atom stereocenters. The Kier molecular flexibility index (Phi) is 5.36. The summed E-state index contributed by atoms with van der Waals surface area (Å²) in [7, 11) is 3.60. The quantitative estimate of drug-likeness (QED) is 0.662. The van der Waals surface area contributed by atoms with E-state index in [-0.39, 0.29) is 5.91 Å². The third-order valence-electron chi connectivity index (χ3n) is 0.962. The van der Waals surface area contributed by atoms with Crippen molar-refractivity contribution in [3.05, 3.63) is 0 Å². The summed E-state index contributed by atoms with van der Waals surface area (Å²) in [6.45, 7) is 0.528. The molecule has 0 aliphatic heterocycles. The summed E-state index contributed by atoms with van der Waals surface area (Å²) in [6.07, 6.45) is 0. The van der Waals surface area contributed by atoms with Gasteiger partial charge in [0.1, 0.15) is 0 Å². The molecule has 0 saturated heterocycles. The number of amides is 1. The topological polar surface area (TPSA) is 32.3 Å². The fourth-order valence-electron chi connectivity index (χ4n) is 0.380. The fraction of sp³-hybridized carbons (Fsp3) is 0.800. The summed E-state index contributed by atoms with van der Waals surface area (Å²) in [5, 5.41) is 2.57. The van der Waals surface area contributed by atoms with Crippen molar-refractivity contribution in [2.45, 2.75) is 0 Å². The van der Waals surface area contributed by atoms with Crippen LogP contribution in [0.3, 0.4) is 0 Å². The number of likely N-dealkylation sites (N-methyl/N-ethyl adjacent to an activating group) is 2. The van der Waals surface area contributed by atoms with Crippen molar-refractivity contribution in [1.82, 2.24) is 10.2 Å². The molecular weight excluding hydrogens is 311 g/mol. The molecule has 0 fully saturated rings. The van der Waals surface area contributed by atoms with Crippen LogP contribution in [0.5, 0.6) is 0 Å². The number of nitrogens with zero attached hydrogens (tertiary/aromatic N) is 1. The minimum atomic E-state index is 0.0911. The summed E-state index contributed by atoms with van der Waals surface area (Å²) < 4.78 is 1.05. The summed E-state index contributed by atoms with van der Waals surface area (Å²) in [6, 6.07) is 0. The first kappa shape index (κ1) is 9.35. The van der Waals surface area contributed by atoms with Crippen LogP contribution < -0.4 is 5.32 Å². The fourth-order valence-corrected chi connectivity index (χ4v) is 0.815. The number of rotatable bonds is 3. The Labute approximate surface area is 71.5 Å². The minimum absolute atomic E-state index is 0.0911. The number of hydrogen-bond donors (Lipinski definition) is 1. The van der Waals surface area contributed by atoms with E-state index in [4.69, 9.17) is 0 Å². The van der Waals surface area contributed by atoms with Crippen molar-refractivity contribution in [2.24, 2.45) is 0 Å². The number of hydrogen-bond acceptors (Lipinski definition) is 2. The van der Waals surface area contributed by atoms with Crippen LogP contribution in [0.25, 0.3) is 0 Å². The molecule has 0 atom stereocenters. The molecule has 0 aliphatic rings. The second kappa shape index (κ2) is 5.16. The summed E-state index contributed by atoms with van der Waals surface area (Å²) in [5.74, 6) is 0.0911. The number of carbonyl (C=O) groups is 1. The molecule has 0 aromatic carbocycles. The summed E-state index contributed by atoms with van der Waals surface area (Å²) >= 11 is 1.13. The molecule has 0 aromatic rings. The summed E-state index contributed by atoms with van der Waals surface area (Å²) in [5.41, 5.74) is 0. The van der Waals surface area contributed by atoms with Crippen molar-refractivity contribution >= 4 is 31.7 Å². The molecule has 9 heavy (non-hydrogen) atoms. The predicted molar refractivity (Wildman–Crippen MR) is 37.3 cm³/mol. The van der Waals surface area contributed by atoms with Crippen LogP contribution in [0.2, 0.25) is 0 Å². The first-order chi connectivity index (χ1) is 4.20. The Morgan fingerprint density at radius 1 is 1.78 bits per heavy atom. The molecular formula is C5H11N2OPb. The van der Waals surface area contributed by atoms with Gasteiger partial charge in [-0.05, 0) is 0 Å². The third-order valence-corrected chi connectivity index (χ3v) is 3.06. The zero-order valence-corrected chi connectivity index (χ0v) is 9.66. The van der Waals surface area contributed by atoms with Gasteiger partial charge in [-0.15, -0.1) is 0 Å². The Morgan fingerprint density at radius 2 is 2.33 bits per heavy atom. The zero-order valence-electron chi connectivity index (χ0n) is 5.77. The molecule has 0 bridgehead atoms. The van der Waals surface area contributed by atoms with Crippen LogP contribution in [-0.4, -0.2) is 61.3 Å². The standard InChI is InChI=1S/C5H11N2O.Pb/c1-6-5(8)4-7(2)3;/h2,4H2,1,3H3,(H,6,8);. The van der Waals surface area contributed by atoms with Crippen molar-refractivity contribution in [1.29, 1.82) is 0 Å². The van der Waals surface area contributed by atoms with Crippen molar-refractivity contribution in [2.75, 3.05) is 24.7 Å². The van der Waals surface area contributed by atoms with E-state index in [9.17, 15) is 4.79 Å². The monoisotopic (exact) mass is 323 g/mol. The van der Waals surface area contributed by atoms with E-state index >= 15 is 0 Å². The first-order valence-corrected chi connectivity index (χ1v) is 5.49. The molecule has 0 spiro atoms. The van der Waals surface area contributed by atoms with Crippen LogP contribution >= 0.6 is 0 Å². The Morgan fingerprint density at radius 3 is 2.67 bits per heavy atom. The molecule has 0 rings (SSSR count). The van der Waals surface area contributed by atoms with Gasteiger partial charge in [-0.25, -0.2) is 0 Å². The van der Waals surface area contributed by atoms with Crippen LogP contribution in [-0.2, 0) is 4.79 Å². The van der Waals surface area contributed by atoms with E-state index in [0.717, 1.165) is 29.9 Å². The molecule has 1 amide bonds. The number of nitrogens with one attached hydrogen (secondary N) is 1. The molecule has 51 valence electrons. The second-order valence-electron chi connectivity index (χ2n) is 1.85. The molecule has 3 nitrogen and oxygen atoms in total. The van der Waals surface area contributed by atoms with Crippen LogP contribution in [0, 0.1) is 0 Å². The molecule has 0 heterocycles. The van der Waals surface area contributed by atoms with Gasteiger partial charge in [0.2, 0.25) is 0 Å². The van der Waals surface area contributed by atoms with Gasteiger partial charge >= 0.3 is 71.4 Å². The van der Waals surface area contributed by atoms with Gasteiger partial charge in [-0.2, -0.15) is 0 Å². The van der Waals surface area contributed by atoms with Gasteiger partial charge in [0.15, 0.2) is 0 Å². The maximum atomic E-state index is 10.6. The molecule has 0 aliphatic carbocycles. The molecule has 0 aromatic heterocycles. The van der Waals surface area contributed by atoms with Gasteiger partial charge in [0.05, 0.1) is 0 Å². The summed E-state index contributed by atoms with van der Waals surface area (Å²) in [4.78, 5) is 12.6. The van der Waals surface area contributed by atoms with Gasteiger partial charge in [-0.3, -0.25) is 0 Å². The van der Waals surface area contributed by atoms with Crippen molar-refractivity contribution in [3.8, 4) is 0 Å². The average molecular weight is 322 g/mol. The Bertz CT molecular complexity index is 97.0. The molecule has 4 heteroatoms. The van der Waals surface area contributed by atoms with Gasteiger partial charge < -0.3 is 0 Å². The Hall–Kier alpha value is 0.352. The van der Waals surface area contributed by atoms with Crippen molar-refractivity contribution < 1.29 is 4.79 Å². The van der Waals surface area contributed by atoms with Crippen molar-refractivity contribution in [3.63, 3.8) is 0 Å². The first-order valence-electron chi connectivity index (χ1n) is 2.74. The van der Waals surface area contributed by atoms with Gasteiger partial charge in [0, 0.05) is 0 Å². The van der Waals surface area contributed by atoms with E-state index in [1.807, 2.05) is 11.9 Å². The molecule has 3 radical (unpaired) electrons.